The van der Waals surface area contributed by atoms with Crippen molar-refractivity contribution in [1.29, 1.82) is 0 Å². The molecule has 1 saturated heterocycles. The number of aliphatic carboxylic acids is 1. The number of hydrogen-bond donors (Lipinski definition) is 3. The molecule has 3 N–H and O–H groups in total. The van der Waals surface area contributed by atoms with E-state index in [-0.39, 0.29) is 31.1 Å². The number of hydrogen-bond acceptors (Lipinski definition) is 3. The molecule has 6 nitrogen and oxygen atoms in total. The average Bonchev–Trinajstić information content (AvgIpc) is 3.23. The van der Waals surface area contributed by atoms with Gasteiger partial charge in [-0.3, -0.25) is 4.79 Å². The minimum atomic E-state index is -0.878. The van der Waals surface area contributed by atoms with E-state index in [0.29, 0.717) is 12.5 Å². The summed E-state index contributed by atoms with van der Waals surface area (Å²) < 4.78 is 0. The SMILES string of the molecule is O=C(O)CC(NC(=O)N1CCCCCC1CO)C1CC1. The quantitative estimate of drug-likeness (QED) is 0.707. The highest BCUT2D eigenvalue weighted by molar-refractivity contribution is 5.76. The molecule has 0 aromatic carbocycles. The summed E-state index contributed by atoms with van der Waals surface area (Å²) in [5, 5.41) is 21.2. The van der Waals surface area contributed by atoms with Crippen LogP contribution in [0.25, 0.3) is 0 Å². The number of carboxylic acids is 1. The molecule has 2 rings (SSSR count). The zero-order valence-corrected chi connectivity index (χ0v) is 11.8. The van der Waals surface area contributed by atoms with Crippen LogP contribution in [0.3, 0.4) is 0 Å². The molecule has 0 aromatic heterocycles. The zero-order valence-electron chi connectivity index (χ0n) is 11.8. The van der Waals surface area contributed by atoms with Gasteiger partial charge < -0.3 is 20.4 Å². The van der Waals surface area contributed by atoms with Gasteiger partial charge in [-0.2, -0.15) is 0 Å². The molecule has 1 aliphatic heterocycles. The molecule has 0 aromatic rings. The summed E-state index contributed by atoms with van der Waals surface area (Å²) in [5.41, 5.74) is 0. The van der Waals surface area contributed by atoms with Crippen molar-refractivity contribution in [1.82, 2.24) is 10.2 Å². The second-order valence-corrected chi connectivity index (χ2v) is 5.87. The van der Waals surface area contributed by atoms with E-state index < -0.39 is 5.97 Å². The average molecular weight is 284 g/mol. The summed E-state index contributed by atoms with van der Waals surface area (Å²) >= 11 is 0. The van der Waals surface area contributed by atoms with E-state index in [4.69, 9.17) is 5.11 Å². The molecule has 2 unspecified atom stereocenters. The lowest BCUT2D eigenvalue weighted by atomic mass is 10.1. The fourth-order valence-corrected chi connectivity index (χ4v) is 2.90. The maximum absolute atomic E-state index is 12.4. The zero-order chi connectivity index (χ0) is 14.5. The smallest absolute Gasteiger partial charge is 0.317 e. The summed E-state index contributed by atoms with van der Waals surface area (Å²) in [6, 6.07) is -0.631. The van der Waals surface area contributed by atoms with Crippen LogP contribution < -0.4 is 5.32 Å². The first-order valence-electron chi connectivity index (χ1n) is 7.51. The van der Waals surface area contributed by atoms with E-state index >= 15 is 0 Å². The van der Waals surface area contributed by atoms with Gasteiger partial charge in [0.25, 0.3) is 0 Å². The molecule has 1 saturated carbocycles. The number of carbonyl (C=O) groups is 2. The Morgan fingerprint density at radius 3 is 2.55 bits per heavy atom. The largest absolute Gasteiger partial charge is 0.481 e. The first-order valence-corrected chi connectivity index (χ1v) is 7.51. The standard InChI is InChI=1S/C14H24N2O4/c17-9-11-4-2-1-3-7-16(11)14(20)15-12(8-13(18)19)10-5-6-10/h10-12,17H,1-9H2,(H,15,20)(H,18,19). The Morgan fingerprint density at radius 1 is 1.20 bits per heavy atom. The topological polar surface area (TPSA) is 89.9 Å². The Balaban J connectivity index is 1.95. The molecule has 2 amide bonds. The number of aliphatic hydroxyl groups is 1. The fourth-order valence-electron chi connectivity index (χ4n) is 2.90. The van der Waals surface area contributed by atoms with Crippen LogP contribution in [0, 0.1) is 5.92 Å². The van der Waals surface area contributed by atoms with Crippen molar-refractivity contribution in [2.24, 2.45) is 5.92 Å². The molecule has 20 heavy (non-hydrogen) atoms. The molecular weight excluding hydrogens is 260 g/mol. The third kappa shape index (κ3) is 4.10. The Morgan fingerprint density at radius 2 is 1.95 bits per heavy atom. The lowest BCUT2D eigenvalue weighted by molar-refractivity contribution is -0.137. The number of urea groups is 1. The lowest BCUT2D eigenvalue weighted by Crippen LogP contribution is -2.51. The van der Waals surface area contributed by atoms with Crippen molar-refractivity contribution in [2.45, 2.75) is 57.0 Å². The number of carboxylic acid groups (broad SMARTS) is 1. The highest BCUT2D eigenvalue weighted by atomic mass is 16.4. The van der Waals surface area contributed by atoms with Crippen LogP contribution in [-0.2, 0) is 4.79 Å². The van der Waals surface area contributed by atoms with Crippen LogP contribution in [0.5, 0.6) is 0 Å². The maximum Gasteiger partial charge on any atom is 0.317 e. The number of amides is 2. The van der Waals surface area contributed by atoms with Gasteiger partial charge in [0, 0.05) is 12.6 Å². The first-order chi connectivity index (χ1) is 9.61. The van der Waals surface area contributed by atoms with E-state index in [1.807, 2.05) is 0 Å². The number of nitrogens with one attached hydrogen (secondary N) is 1. The Kier molecular flexibility index (Phi) is 5.23. The minimum Gasteiger partial charge on any atom is -0.481 e. The van der Waals surface area contributed by atoms with Crippen LogP contribution in [0.15, 0.2) is 0 Å². The number of carbonyl (C=O) groups excluding carboxylic acids is 1. The van der Waals surface area contributed by atoms with Gasteiger partial charge in [-0.15, -0.1) is 0 Å². The van der Waals surface area contributed by atoms with E-state index in [1.54, 1.807) is 4.90 Å². The molecule has 1 aliphatic carbocycles. The number of likely N-dealkylation sites (tertiary alicyclic amines) is 1. The van der Waals surface area contributed by atoms with Crippen LogP contribution in [0.4, 0.5) is 4.79 Å². The van der Waals surface area contributed by atoms with Gasteiger partial charge in [0.15, 0.2) is 0 Å². The third-order valence-corrected chi connectivity index (χ3v) is 4.24. The monoisotopic (exact) mass is 284 g/mol. The minimum absolute atomic E-state index is 0.0198. The maximum atomic E-state index is 12.4. The second kappa shape index (κ2) is 6.92. The van der Waals surface area contributed by atoms with Gasteiger partial charge >= 0.3 is 12.0 Å². The molecule has 1 heterocycles. The summed E-state index contributed by atoms with van der Waals surface area (Å²) in [5.74, 6) is -0.577. The lowest BCUT2D eigenvalue weighted by Gasteiger charge is -2.30. The highest BCUT2D eigenvalue weighted by Gasteiger charge is 2.35. The van der Waals surface area contributed by atoms with Crippen LogP contribution >= 0.6 is 0 Å². The predicted octanol–water partition coefficient (Wildman–Crippen LogP) is 1.19. The highest BCUT2D eigenvalue weighted by Crippen LogP contribution is 2.34. The van der Waals surface area contributed by atoms with Crippen molar-refractivity contribution >= 4 is 12.0 Å². The Bertz CT molecular complexity index is 357. The normalized spacial score (nSPS) is 24.9. The summed E-state index contributed by atoms with van der Waals surface area (Å²) in [6.45, 7) is 0.613. The van der Waals surface area contributed by atoms with Gasteiger partial charge in [0.05, 0.1) is 19.1 Å². The summed E-state index contributed by atoms with van der Waals surface area (Å²) in [6.07, 6.45) is 5.81. The number of nitrogens with zero attached hydrogens (tertiary/aromatic N) is 1. The first kappa shape index (κ1) is 15.1. The van der Waals surface area contributed by atoms with Crippen molar-refractivity contribution in [3.63, 3.8) is 0 Å². The van der Waals surface area contributed by atoms with Crippen LogP contribution in [0.1, 0.15) is 44.9 Å². The number of aliphatic hydroxyl groups excluding tert-OH is 1. The molecular formula is C14H24N2O4. The van der Waals surface area contributed by atoms with Crippen molar-refractivity contribution in [2.75, 3.05) is 13.2 Å². The van der Waals surface area contributed by atoms with Gasteiger partial charge in [-0.1, -0.05) is 12.8 Å². The van der Waals surface area contributed by atoms with E-state index in [1.165, 1.54) is 0 Å². The predicted molar refractivity (Wildman–Crippen MR) is 73.3 cm³/mol. The molecule has 0 spiro atoms. The fraction of sp³-hybridized carbons (Fsp3) is 0.857. The number of rotatable bonds is 5. The molecule has 6 heteroatoms. The van der Waals surface area contributed by atoms with E-state index in [0.717, 1.165) is 38.5 Å². The second-order valence-electron chi connectivity index (χ2n) is 5.87. The van der Waals surface area contributed by atoms with Gasteiger partial charge in [0.2, 0.25) is 0 Å². The third-order valence-electron chi connectivity index (χ3n) is 4.24. The molecule has 2 aliphatic rings. The van der Waals surface area contributed by atoms with Crippen LogP contribution in [-0.4, -0.2) is 52.3 Å². The van der Waals surface area contributed by atoms with Crippen molar-refractivity contribution in [3.05, 3.63) is 0 Å². The van der Waals surface area contributed by atoms with E-state index in [9.17, 15) is 14.7 Å². The molecule has 0 radical (unpaired) electrons. The summed E-state index contributed by atoms with van der Waals surface area (Å²) in [4.78, 5) is 24.9. The molecule has 2 fully saturated rings. The summed E-state index contributed by atoms with van der Waals surface area (Å²) in [7, 11) is 0. The van der Waals surface area contributed by atoms with Gasteiger partial charge in [-0.05, 0) is 31.6 Å². The van der Waals surface area contributed by atoms with Gasteiger partial charge in [0.1, 0.15) is 0 Å². The Hall–Kier alpha value is -1.30. The van der Waals surface area contributed by atoms with Crippen molar-refractivity contribution in [3.8, 4) is 0 Å². The van der Waals surface area contributed by atoms with Crippen molar-refractivity contribution < 1.29 is 19.8 Å². The van der Waals surface area contributed by atoms with Crippen LogP contribution in [0.2, 0.25) is 0 Å². The molecule has 114 valence electrons. The Labute approximate surface area is 119 Å². The van der Waals surface area contributed by atoms with Gasteiger partial charge in [-0.25, -0.2) is 4.79 Å². The molecule has 2 atom stereocenters. The van der Waals surface area contributed by atoms with E-state index in [2.05, 4.69) is 5.32 Å². The molecule has 0 bridgehead atoms.